The number of rotatable bonds is 4. The van der Waals surface area contributed by atoms with E-state index >= 15 is 0 Å². The Kier molecular flexibility index (Phi) is 4.72. The number of carbonyl (C=O) groups excluding carboxylic acids is 1. The molecule has 0 aromatic rings. The fourth-order valence-corrected chi connectivity index (χ4v) is 1.16. The summed E-state index contributed by atoms with van der Waals surface area (Å²) in [4.78, 5) is 34.4. The second kappa shape index (κ2) is 5.24. The molecular formula is C11H19NO6. The summed E-state index contributed by atoms with van der Waals surface area (Å²) in [5.41, 5.74) is -2.64. The molecule has 0 aromatic heterocycles. The van der Waals surface area contributed by atoms with Gasteiger partial charge in [0.15, 0.2) is 5.54 Å². The molecule has 1 atom stereocenters. The quantitative estimate of drug-likeness (QED) is 0.787. The van der Waals surface area contributed by atoms with Crippen molar-refractivity contribution in [3.8, 4) is 0 Å². The minimum Gasteiger partial charge on any atom is -0.481 e. The number of ether oxygens (including phenoxy) is 1. The molecule has 0 spiro atoms. The van der Waals surface area contributed by atoms with Crippen LogP contribution in [-0.2, 0) is 14.3 Å². The lowest BCUT2D eigenvalue weighted by molar-refractivity contribution is -0.155. The number of amides is 1. The van der Waals surface area contributed by atoms with E-state index < -0.39 is 35.6 Å². The Labute approximate surface area is 105 Å². The third-order valence-corrected chi connectivity index (χ3v) is 2.36. The Bertz CT molecular complexity index is 359. The van der Waals surface area contributed by atoms with Crippen LogP contribution in [0.3, 0.4) is 0 Å². The molecule has 0 fully saturated rings. The monoisotopic (exact) mass is 261 g/mol. The van der Waals surface area contributed by atoms with Gasteiger partial charge in [0, 0.05) is 7.05 Å². The number of hydrogen-bond donors (Lipinski definition) is 2. The Balaban J connectivity index is 5.09. The molecule has 2 N–H and O–H groups in total. The molecular weight excluding hydrogens is 242 g/mol. The zero-order chi connectivity index (χ0) is 14.7. The number of aliphatic carboxylic acids is 2. The van der Waals surface area contributed by atoms with Crippen LogP contribution in [0, 0.1) is 0 Å². The highest BCUT2D eigenvalue weighted by molar-refractivity contribution is 5.88. The molecule has 0 rings (SSSR count). The number of carbonyl (C=O) groups is 3. The molecule has 7 nitrogen and oxygen atoms in total. The molecule has 0 radical (unpaired) electrons. The maximum atomic E-state index is 11.7. The van der Waals surface area contributed by atoms with Crippen molar-refractivity contribution in [2.45, 2.75) is 45.3 Å². The first kappa shape index (κ1) is 16.2. The highest BCUT2D eigenvalue weighted by Crippen LogP contribution is 2.21. The molecule has 18 heavy (non-hydrogen) atoms. The van der Waals surface area contributed by atoms with Gasteiger partial charge in [-0.25, -0.2) is 9.59 Å². The molecule has 0 aromatic carbocycles. The van der Waals surface area contributed by atoms with E-state index in [9.17, 15) is 14.4 Å². The summed E-state index contributed by atoms with van der Waals surface area (Å²) in [6.45, 7) is 6.06. The standard InChI is InChI=1S/C11H19NO6/c1-10(2,3)18-9(17)12(5)11(4,8(15)16)6-7(13)14/h6H2,1-5H3,(H,13,14)(H,15,16)/t11-/m0/s1. The van der Waals surface area contributed by atoms with Crippen molar-refractivity contribution in [2.24, 2.45) is 0 Å². The van der Waals surface area contributed by atoms with Crippen LogP contribution in [0.2, 0.25) is 0 Å². The first-order chi connectivity index (χ1) is 7.90. The van der Waals surface area contributed by atoms with E-state index in [1.54, 1.807) is 20.8 Å². The van der Waals surface area contributed by atoms with E-state index in [1.807, 2.05) is 0 Å². The smallest absolute Gasteiger partial charge is 0.410 e. The van der Waals surface area contributed by atoms with Gasteiger partial charge in [0.1, 0.15) is 5.60 Å². The summed E-state index contributed by atoms with van der Waals surface area (Å²) in [6.07, 6.45) is -1.59. The van der Waals surface area contributed by atoms with E-state index in [2.05, 4.69) is 0 Å². The van der Waals surface area contributed by atoms with Crippen molar-refractivity contribution in [3.63, 3.8) is 0 Å². The Morgan fingerprint density at radius 2 is 1.56 bits per heavy atom. The molecule has 7 heteroatoms. The third kappa shape index (κ3) is 4.23. The fraction of sp³-hybridized carbons (Fsp3) is 0.727. The van der Waals surface area contributed by atoms with Gasteiger partial charge in [0.2, 0.25) is 0 Å². The lowest BCUT2D eigenvalue weighted by atomic mass is 9.96. The molecule has 1 amide bonds. The fourth-order valence-electron chi connectivity index (χ4n) is 1.16. The van der Waals surface area contributed by atoms with Crippen LogP contribution < -0.4 is 0 Å². The molecule has 0 bridgehead atoms. The van der Waals surface area contributed by atoms with Crippen LogP contribution in [0.4, 0.5) is 4.79 Å². The lowest BCUT2D eigenvalue weighted by Gasteiger charge is -2.35. The number of hydrogen-bond acceptors (Lipinski definition) is 4. The Morgan fingerprint density at radius 3 is 1.83 bits per heavy atom. The molecule has 0 unspecified atom stereocenters. The third-order valence-electron chi connectivity index (χ3n) is 2.36. The second-order valence-corrected chi connectivity index (χ2v) is 5.19. The van der Waals surface area contributed by atoms with Gasteiger partial charge in [0.05, 0.1) is 6.42 Å². The number of nitrogens with zero attached hydrogens (tertiary/aromatic N) is 1. The average Bonchev–Trinajstić information content (AvgIpc) is 2.12. The van der Waals surface area contributed by atoms with Gasteiger partial charge in [-0.2, -0.15) is 0 Å². The molecule has 0 aliphatic heterocycles. The minimum atomic E-state index is -1.85. The number of likely N-dealkylation sites (N-methyl/N-ethyl adjacent to an activating group) is 1. The summed E-state index contributed by atoms with van der Waals surface area (Å²) in [5.74, 6) is -2.71. The van der Waals surface area contributed by atoms with Crippen LogP contribution in [-0.4, -0.2) is 51.3 Å². The first-order valence-electron chi connectivity index (χ1n) is 5.32. The lowest BCUT2D eigenvalue weighted by Crippen LogP contribution is -2.55. The number of carboxylic acid groups (broad SMARTS) is 2. The summed E-state index contributed by atoms with van der Waals surface area (Å²) in [6, 6.07) is 0. The molecule has 0 aliphatic rings. The predicted molar refractivity (Wildman–Crippen MR) is 62.3 cm³/mol. The van der Waals surface area contributed by atoms with Crippen LogP contribution in [0.1, 0.15) is 34.1 Å². The first-order valence-corrected chi connectivity index (χ1v) is 5.32. The minimum absolute atomic E-state index is 0.710. The maximum Gasteiger partial charge on any atom is 0.410 e. The van der Waals surface area contributed by atoms with Gasteiger partial charge >= 0.3 is 18.0 Å². The van der Waals surface area contributed by atoms with Gasteiger partial charge in [0.25, 0.3) is 0 Å². The van der Waals surface area contributed by atoms with Gasteiger partial charge in [-0.3, -0.25) is 9.69 Å². The van der Waals surface area contributed by atoms with Crippen LogP contribution >= 0.6 is 0 Å². The van der Waals surface area contributed by atoms with Crippen molar-refractivity contribution in [2.75, 3.05) is 7.05 Å². The molecule has 0 saturated carbocycles. The van der Waals surface area contributed by atoms with Crippen LogP contribution in [0.5, 0.6) is 0 Å². The summed E-state index contributed by atoms with van der Waals surface area (Å²) >= 11 is 0. The van der Waals surface area contributed by atoms with Crippen molar-refractivity contribution < 1.29 is 29.3 Å². The largest absolute Gasteiger partial charge is 0.481 e. The topological polar surface area (TPSA) is 104 Å². The number of carboxylic acids is 2. The highest BCUT2D eigenvalue weighted by atomic mass is 16.6. The Hall–Kier alpha value is -1.79. The highest BCUT2D eigenvalue weighted by Gasteiger charge is 2.43. The van der Waals surface area contributed by atoms with E-state index in [0.717, 1.165) is 11.8 Å². The van der Waals surface area contributed by atoms with Crippen molar-refractivity contribution in [3.05, 3.63) is 0 Å². The molecule has 104 valence electrons. The Morgan fingerprint density at radius 1 is 1.11 bits per heavy atom. The van der Waals surface area contributed by atoms with E-state index in [4.69, 9.17) is 14.9 Å². The average molecular weight is 261 g/mol. The van der Waals surface area contributed by atoms with Gasteiger partial charge < -0.3 is 14.9 Å². The van der Waals surface area contributed by atoms with Gasteiger partial charge in [-0.1, -0.05) is 0 Å². The second-order valence-electron chi connectivity index (χ2n) is 5.19. The van der Waals surface area contributed by atoms with Crippen molar-refractivity contribution >= 4 is 18.0 Å². The van der Waals surface area contributed by atoms with Crippen molar-refractivity contribution in [1.82, 2.24) is 4.90 Å². The van der Waals surface area contributed by atoms with E-state index in [0.29, 0.717) is 0 Å². The maximum absolute atomic E-state index is 11.7. The normalized spacial score (nSPS) is 14.5. The summed E-state index contributed by atoms with van der Waals surface area (Å²) < 4.78 is 5.01. The van der Waals surface area contributed by atoms with Crippen LogP contribution in [0.25, 0.3) is 0 Å². The van der Waals surface area contributed by atoms with Crippen molar-refractivity contribution in [1.29, 1.82) is 0 Å². The molecule has 0 heterocycles. The predicted octanol–water partition coefficient (Wildman–Crippen LogP) is 1.17. The van der Waals surface area contributed by atoms with E-state index in [-0.39, 0.29) is 0 Å². The summed E-state index contributed by atoms with van der Waals surface area (Å²) in [7, 11) is 1.20. The summed E-state index contributed by atoms with van der Waals surface area (Å²) in [5, 5.41) is 17.8. The zero-order valence-corrected chi connectivity index (χ0v) is 11.2. The zero-order valence-electron chi connectivity index (χ0n) is 11.2. The van der Waals surface area contributed by atoms with E-state index in [1.165, 1.54) is 7.05 Å². The molecule has 0 saturated heterocycles. The van der Waals surface area contributed by atoms with Gasteiger partial charge in [-0.05, 0) is 27.7 Å². The van der Waals surface area contributed by atoms with Crippen LogP contribution in [0.15, 0.2) is 0 Å². The molecule has 0 aliphatic carbocycles. The SMILES string of the molecule is CN(C(=O)OC(C)(C)C)[C@@](C)(CC(=O)O)C(=O)O. The van der Waals surface area contributed by atoms with Gasteiger partial charge in [-0.15, -0.1) is 0 Å².